The van der Waals surface area contributed by atoms with Crippen LogP contribution in [0.25, 0.3) is 0 Å². The highest BCUT2D eigenvalue weighted by atomic mass is 35.5. The molecule has 0 spiro atoms. The number of esters is 2. The molecule has 0 radical (unpaired) electrons. The summed E-state index contributed by atoms with van der Waals surface area (Å²) < 4.78 is 9.84. The number of methoxy groups -OCH3 is 2. The lowest BCUT2D eigenvalue weighted by molar-refractivity contribution is -0.141. The number of fused-ring (bicyclic) bond motifs is 2. The molecule has 128 valence electrons. The molecule has 1 aromatic rings. The van der Waals surface area contributed by atoms with Crippen molar-refractivity contribution >= 4 is 35.3 Å². The minimum Gasteiger partial charge on any atom is -0.466 e. The van der Waals surface area contributed by atoms with Crippen LogP contribution in [0.2, 0.25) is 0 Å². The third-order valence-electron chi connectivity index (χ3n) is 4.74. The zero-order valence-corrected chi connectivity index (χ0v) is 15.1. The number of benzene rings is 1. The van der Waals surface area contributed by atoms with E-state index < -0.39 is 11.9 Å². The van der Waals surface area contributed by atoms with Crippen molar-refractivity contribution in [2.45, 2.75) is 28.4 Å². The lowest BCUT2D eigenvalue weighted by Crippen LogP contribution is -2.48. The first-order chi connectivity index (χ1) is 11.6. The molecule has 6 heteroatoms. The number of halogens is 1. The summed E-state index contributed by atoms with van der Waals surface area (Å²) in [7, 11) is 2.66. The normalized spacial score (nSPS) is 28.6. The van der Waals surface area contributed by atoms with Gasteiger partial charge in [0, 0.05) is 22.0 Å². The van der Waals surface area contributed by atoms with Crippen molar-refractivity contribution < 1.29 is 19.1 Å². The Balaban J connectivity index is 2.00. The Kier molecular flexibility index (Phi) is 5.21. The van der Waals surface area contributed by atoms with Crippen LogP contribution < -0.4 is 0 Å². The Hall–Kier alpha value is -1.46. The number of carbonyl (C=O) groups excluding carboxylic acids is 2. The summed E-state index contributed by atoms with van der Waals surface area (Å²) in [6.45, 7) is 0. The van der Waals surface area contributed by atoms with Crippen LogP contribution in [0, 0.1) is 11.8 Å². The molecule has 0 heterocycles. The first-order valence-electron chi connectivity index (χ1n) is 7.85. The van der Waals surface area contributed by atoms with Gasteiger partial charge in [0.15, 0.2) is 0 Å². The molecule has 3 aliphatic rings. The van der Waals surface area contributed by atoms with E-state index in [0.717, 1.165) is 17.7 Å². The second-order valence-electron chi connectivity index (χ2n) is 5.94. The van der Waals surface area contributed by atoms with Gasteiger partial charge in [0.2, 0.25) is 0 Å². The molecule has 4 rings (SSSR count). The van der Waals surface area contributed by atoms with Crippen LogP contribution in [-0.2, 0) is 19.1 Å². The Morgan fingerprint density at radius 1 is 1.00 bits per heavy atom. The van der Waals surface area contributed by atoms with Crippen LogP contribution in [-0.4, -0.2) is 36.8 Å². The zero-order chi connectivity index (χ0) is 17.3. The molecule has 0 aromatic heterocycles. The Labute approximate surface area is 150 Å². The van der Waals surface area contributed by atoms with E-state index in [4.69, 9.17) is 21.1 Å². The van der Waals surface area contributed by atoms with E-state index in [0.29, 0.717) is 11.1 Å². The van der Waals surface area contributed by atoms with Gasteiger partial charge in [-0.05, 0) is 25.0 Å². The summed E-state index contributed by atoms with van der Waals surface area (Å²) in [6, 6.07) is 9.97. The number of alkyl halides is 1. The first-order valence-corrected chi connectivity index (χ1v) is 9.16. The second-order valence-corrected chi connectivity index (χ2v) is 7.70. The van der Waals surface area contributed by atoms with E-state index in [1.165, 1.54) is 14.2 Å². The van der Waals surface area contributed by atoms with E-state index in [9.17, 15) is 9.59 Å². The SMILES string of the molecule is COC(=O)C1=C(C(=O)OC)[C@@H]2CC[C@H]1[C@@H](Cl)[C@@H]2Sc1ccccc1. The standard InChI is InChI=1S/C18H19ClO4S/c1-22-17(20)13-11-8-9-12(14(13)18(21)23-2)16(15(11)19)24-10-6-4-3-5-7-10/h3-7,11-12,15-16H,8-9H2,1-2H3/t11-,12+,15-,16-/m1/s1. The van der Waals surface area contributed by atoms with Crippen LogP contribution in [0.5, 0.6) is 0 Å². The maximum atomic E-state index is 12.4. The molecule has 1 fully saturated rings. The zero-order valence-electron chi connectivity index (χ0n) is 13.5. The number of thioether (sulfide) groups is 1. The van der Waals surface area contributed by atoms with Gasteiger partial charge >= 0.3 is 11.9 Å². The van der Waals surface area contributed by atoms with Gasteiger partial charge in [0.1, 0.15) is 0 Å². The van der Waals surface area contributed by atoms with Gasteiger partial charge in [-0.3, -0.25) is 0 Å². The van der Waals surface area contributed by atoms with Crippen molar-refractivity contribution in [2.75, 3.05) is 14.2 Å². The molecule has 4 atom stereocenters. The molecular weight excluding hydrogens is 348 g/mol. The fourth-order valence-corrected chi connectivity index (χ4v) is 5.66. The lowest BCUT2D eigenvalue weighted by Gasteiger charge is -2.46. The molecular formula is C18H19ClO4S. The van der Waals surface area contributed by atoms with Gasteiger partial charge in [-0.2, -0.15) is 0 Å². The van der Waals surface area contributed by atoms with Crippen molar-refractivity contribution in [3.63, 3.8) is 0 Å². The molecule has 1 saturated carbocycles. The second kappa shape index (κ2) is 7.19. The van der Waals surface area contributed by atoms with Crippen molar-refractivity contribution in [1.29, 1.82) is 0 Å². The Morgan fingerprint density at radius 2 is 1.54 bits per heavy atom. The van der Waals surface area contributed by atoms with Crippen LogP contribution in [0.4, 0.5) is 0 Å². The predicted octanol–water partition coefficient (Wildman–Crippen LogP) is 3.44. The van der Waals surface area contributed by atoms with E-state index in [1.807, 2.05) is 30.3 Å². The average Bonchev–Trinajstić information content (AvgIpc) is 2.63. The summed E-state index contributed by atoms with van der Waals surface area (Å²) >= 11 is 8.39. The monoisotopic (exact) mass is 366 g/mol. The van der Waals surface area contributed by atoms with Gasteiger partial charge in [0.25, 0.3) is 0 Å². The van der Waals surface area contributed by atoms with E-state index >= 15 is 0 Å². The van der Waals surface area contributed by atoms with E-state index in [-0.39, 0.29) is 22.5 Å². The van der Waals surface area contributed by atoms with Gasteiger partial charge < -0.3 is 9.47 Å². The smallest absolute Gasteiger partial charge is 0.334 e. The number of carbonyl (C=O) groups is 2. The van der Waals surface area contributed by atoms with Gasteiger partial charge in [0.05, 0.1) is 30.7 Å². The molecule has 0 amide bonds. The highest BCUT2D eigenvalue weighted by Gasteiger charge is 2.52. The number of hydrogen-bond donors (Lipinski definition) is 0. The molecule has 0 N–H and O–H groups in total. The van der Waals surface area contributed by atoms with E-state index in [1.54, 1.807) is 11.8 Å². The quantitative estimate of drug-likeness (QED) is 0.603. The summed E-state index contributed by atoms with van der Waals surface area (Å²) in [6.07, 6.45) is 1.61. The van der Waals surface area contributed by atoms with Crippen molar-refractivity contribution in [3.8, 4) is 0 Å². The third-order valence-corrected chi connectivity index (χ3v) is 6.90. The minimum atomic E-state index is -0.473. The molecule has 0 unspecified atom stereocenters. The fourth-order valence-electron chi connectivity index (χ4n) is 3.69. The first kappa shape index (κ1) is 17.4. The lowest BCUT2D eigenvalue weighted by atomic mass is 9.66. The van der Waals surface area contributed by atoms with Crippen molar-refractivity contribution in [1.82, 2.24) is 0 Å². The largest absolute Gasteiger partial charge is 0.466 e. The summed E-state index contributed by atoms with van der Waals surface area (Å²) in [4.78, 5) is 25.7. The highest BCUT2D eigenvalue weighted by Crippen LogP contribution is 2.53. The topological polar surface area (TPSA) is 52.6 Å². The summed E-state index contributed by atoms with van der Waals surface area (Å²) in [5.74, 6) is -1.21. The third kappa shape index (κ3) is 2.95. The van der Waals surface area contributed by atoms with Crippen LogP contribution in [0.3, 0.4) is 0 Å². The van der Waals surface area contributed by atoms with Crippen LogP contribution in [0.15, 0.2) is 46.4 Å². The Morgan fingerprint density at radius 3 is 2.12 bits per heavy atom. The molecule has 2 bridgehead atoms. The molecule has 4 nitrogen and oxygen atoms in total. The van der Waals surface area contributed by atoms with Crippen LogP contribution >= 0.6 is 23.4 Å². The van der Waals surface area contributed by atoms with Crippen LogP contribution in [0.1, 0.15) is 12.8 Å². The van der Waals surface area contributed by atoms with Gasteiger partial charge in [-0.15, -0.1) is 23.4 Å². The van der Waals surface area contributed by atoms with Crippen molar-refractivity contribution in [2.24, 2.45) is 11.8 Å². The predicted molar refractivity (Wildman–Crippen MR) is 93.0 cm³/mol. The molecule has 1 aromatic carbocycles. The maximum Gasteiger partial charge on any atom is 0.334 e. The highest BCUT2D eigenvalue weighted by molar-refractivity contribution is 8.00. The molecule has 0 aliphatic heterocycles. The number of rotatable bonds is 4. The van der Waals surface area contributed by atoms with E-state index in [2.05, 4.69) is 0 Å². The number of hydrogen-bond acceptors (Lipinski definition) is 5. The molecule has 0 saturated heterocycles. The van der Waals surface area contributed by atoms with Gasteiger partial charge in [-0.25, -0.2) is 9.59 Å². The summed E-state index contributed by atoms with van der Waals surface area (Å²) in [5.41, 5.74) is 0.858. The minimum absolute atomic E-state index is 0.0234. The molecule has 24 heavy (non-hydrogen) atoms. The van der Waals surface area contributed by atoms with Crippen molar-refractivity contribution in [3.05, 3.63) is 41.5 Å². The molecule has 3 aliphatic carbocycles. The average molecular weight is 367 g/mol. The fraction of sp³-hybridized carbons (Fsp3) is 0.444. The maximum absolute atomic E-state index is 12.4. The van der Waals surface area contributed by atoms with Gasteiger partial charge in [-0.1, -0.05) is 18.2 Å². The summed E-state index contributed by atoms with van der Waals surface area (Å²) in [5, 5.41) is -0.202. The number of ether oxygens (including phenoxy) is 2. The Bertz CT molecular complexity index is 673.